The summed E-state index contributed by atoms with van der Waals surface area (Å²) in [5, 5.41) is 3.03. The summed E-state index contributed by atoms with van der Waals surface area (Å²) in [5.74, 6) is 0.188. The molecule has 22 heavy (non-hydrogen) atoms. The largest absolute Gasteiger partial charge is 0.380 e. The number of aryl methyl sites for hydroxylation is 1. The van der Waals surface area contributed by atoms with Gasteiger partial charge in [0.1, 0.15) is 5.65 Å². The maximum Gasteiger partial charge on any atom is 0.230 e. The molecule has 2 saturated heterocycles. The van der Waals surface area contributed by atoms with Crippen LogP contribution >= 0.6 is 0 Å². The number of amides is 1. The molecule has 0 radical (unpaired) electrons. The minimum atomic E-state index is 0.0828. The van der Waals surface area contributed by atoms with Crippen LogP contribution in [0, 0.1) is 12.8 Å². The van der Waals surface area contributed by atoms with E-state index >= 15 is 0 Å². The molecule has 1 N–H and O–H groups in total. The Morgan fingerprint density at radius 1 is 1.45 bits per heavy atom. The van der Waals surface area contributed by atoms with Crippen LogP contribution in [0.1, 0.15) is 12.0 Å². The zero-order chi connectivity index (χ0) is 15.1. The molecule has 0 bridgehead atoms. The molecule has 116 valence electrons. The first-order valence-electron chi connectivity index (χ1n) is 7.76. The van der Waals surface area contributed by atoms with E-state index in [2.05, 4.69) is 15.2 Å². The summed E-state index contributed by atoms with van der Waals surface area (Å²) < 4.78 is 7.34. The fourth-order valence-corrected chi connectivity index (χ4v) is 3.31. The van der Waals surface area contributed by atoms with Crippen molar-refractivity contribution in [1.29, 1.82) is 0 Å². The second kappa shape index (κ2) is 5.37. The number of imidazole rings is 1. The highest BCUT2D eigenvalue weighted by Gasteiger charge is 2.37. The van der Waals surface area contributed by atoms with Crippen LogP contribution in [-0.4, -0.2) is 52.5 Å². The average molecular weight is 300 g/mol. The molecule has 1 atom stereocenters. The van der Waals surface area contributed by atoms with Gasteiger partial charge in [-0.05, 0) is 25.0 Å². The average Bonchev–Trinajstić information content (AvgIpc) is 3.07. The molecule has 2 aliphatic heterocycles. The minimum absolute atomic E-state index is 0.0828. The highest BCUT2D eigenvalue weighted by atomic mass is 16.5. The highest BCUT2D eigenvalue weighted by molar-refractivity contribution is 5.93. The van der Waals surface area contributed by atoms with E-state index in [0.29, 0.717) is 6.04 Å². The molecule has 1 unspecified atom stereocenters. The predicted molar refractivity (Wildman–Crippen MR) is 82.8 cm³/mol. The minimum Gasteiger partial charge on any atom is -0.380 e. The molecular weight excluding hydrogens is 280 g/mol. The van der Waals surface area contributed by atoms with Gasteiger partial charge in [-0.2, -0.15) is 0 Å². The van der Waals surface area contributed by atoms with E-state index in [-0.39, 0.29) is 11.8 Å². The fraction of sp³-hybridized carbons (Fsp3) is 0.500. The predicted octanol–water partition coefficient (Wildman–Crippen LogP) is 1.30. The van der Waals surface area contributed by atoms with Crippen molar-refractivity contribution in [2.75, 3.05) is 31.6 Å². The molecule has 0 aliphatic carbocycles. The summed E-state index contributed by atoms with van der Waals surface area (Å²) in [4.78, 5) is 19.0. The van der Waals surface area contributed by atoms with E-state index in [1.165, 1.54) is 0 Å². The van der Waals surface area contributed by atoms with Crippen LogP contribution < -0.4 is 5.32 Å². The van der Waals surface area contributed by atoms with E-state index in [1.807, 2.05) is 29.8 Å². The van der Waals surface area contributed by atoms with Gasteiger partial charge in [-0.1, -0.05) is 0 Å². The van der Waals surface area contributed by atoms with Crippen molar-refractivity contribution in [1.82, 2.24) is 14.3 Å². The van der Waals surface area contributed by atoms with Gasteiger partial charge in [0, 0.05) is 44.3 Å². The molecule has 0 spiro atoms. The van der Waals surface area contributed by atoms with Crippen LogP contribution in [-0.2, 0) is 9.53 Å². The first-order chi connectivity index (χ1) is 10.7. The van der Waals surface area contributed by atoms with Crippen molar-refractivity contribution in [3.8, 4) is 0 Å². The number of carbonyl (C=O) groups excluding carboxylic acids is 1. The number of rotatable bonds is 3. The maximum absolute atomic E-state index is 12.3. The molecule has 2 fully saturated rings. The third kappa shape index (κ3) is 2.38. The van der Waals surface area contributed by atoms with Crippen LogP contribution in [0.25, 0.3) is 5.65 Å². The Balaban J connectivity index is 1.39. The summed E-state index contributed by atoms with van der Waals surface area (Å²) in [6, 6.07) is 2.48. The Bertz CT molecular complexity index is 699. The van der Waals surface area contributed by atoms with Crippen molar-refractivity contribution in [2.45, 2.75) is 19.4 Å². The SMILES string of the molecule is Cc1cc(NC(=O)C2CN(C3CCOC3)C2)cn2ccnc12. The second-order valence-corrected chi connectivity index (χ2v) is 6.23. The van der Waals surface area contributed by atoms with E-state index in [4.69, 9.17) is 4.74 Å². The lowest BCUT2D eigenvalue weighted by atomic mass is 9.96. The van der Waals surface area contributed by atoms with Crippen molar-refractivity contribution in [3.63, 3.8) is 0 Å². The number of fused-ring (bicyclic) bond motifs is 1. The number of likely N-dealkylation sites (tertiary alicyclic amines) is 1. The Hall–Kier alpha value is -1.92. The summed E-state index contributed by atoms with van der Waals surface area (Å²) in [6.07, 6.45) is 6.66. The number of hydrogen-bond acceptors (Lipinski definition) is 4. The number of ether oxygens (including phenoxy) is 1. The Morgan fingerprint density at radius 3 is 3.09 bits per heavy atom. The molecule has 0 aromatic carbocycles. The first-order valence-corrected chi connectivity index (χ1v) is 7.76. The van der Waals surface area contributed by atoms with Gasteiger partial charge in [0.05, 0.1) is 18.2 Å². The zero-order valence-corrected chi connectivity index (χ0v) is 12.7. The van der Waals surface area contributed by atoms with Gasteiger partial charge in [0.15, 0.2) is 0 Å². The molecule has 6 heteroatoms. The van der Waals surface area contributed by atoms with E-state index < -0.39 is 0 Å². The number of aromatic nitrogens is 2. The van der Waals surface area contributed by atoms with Crippen LogP contribution in [0.3, 0.4) is 0 Å². The van der Waals surface area contributed by atoms with Crippen LogP contribution in [0.5, 0.6) is 0 Å². The summed E-state index contributed by atoms with van der Waals surface area (Å²) in [5.41, 5.74) is 2.81. The van der Waals surface area contributed by atoms with Gasteiger partial charge < -0.3 is 14.5 Å². The van der Waals surface area contributed by atoms with Crippen LogP contribution in [0.2, 0.25) is 0 Å². The standard InChI is InChI=1S/C16H20N4O2/c1-11-6-13(9-19-4-3-17-15(11)19)18-16(21)12-7-20(8-12)14-2-5-22-10-14/h3-4,6,9,12,14H,2,5,7-8,10H2,1H3,(H,18,21). The molecule has 6 nitrogen and oxygen atoms in total. The molecule has 4 rings (SSSR count). The monoisotopic (exact) mass is 300 g/mol. The van der Waals surface area contributed by atoms with Gasteiger partial charge in [0.25, 0.3) is 0 Å². The molecule has 1 amide bonds. The Kier molecular flexibility index (Phi) is 3.35. The van der Waals surface area contributed by atoms with Crippen LogP contribution in [0.4, 0.5) is 5.69 Å². The van der Waals surface area contributed by atoms with E-state index in [9.17, 15) is 4.79 Å². The Morgan fingerprint density at radius 2 is 2.32 bits per heavy atom. The molecule has 2 aromatic rings. The Labute approximate surface area is 129 Å². The fourth-order valence-electron chi connectivity index (χ4n) is 3.31. The van der Waals surface area contributed by atoms with Crippen molar-refractivity contribution in [3.05, 3.63) is 30.2 Å². The van der Waals surface area contributed by atoms with Crippen molar-refractivity contribution >= 4 is 17.2 Å². The van der Waals surface area contributed by atoms with E-state index in [1.54, 1.807) is 6.20 Å². The molecule has 2 aliphatic rings. The van der Waals surface area contributed by atoms with Crippen molar-refractivity contribution in [2.24, 2.45) is 5.92 Å². The van der Waals surface area contributed by atoms with Gasteiger partial charge in [-0.15, -0.1) is 0 Å². The number of hydrogen-bond donors (Lipinski definition) is 1. The van der Waals surface area contributed by atoms with Crippen molar-refractivity contribution < 1.29 is 9.53 Å². The quantitative estimate of drug-likeness (QED) is 0.928. The lowest BCUT2D eigenvalue weighted by molar-refractivity contribution is -0.126. The van der Waals surface area contributed by atoms with E-state index in [0.717, 1.165) is 49.6 Å². The maximum atomic E-state index is 12.3. The molecular formula is C16H20N4O2. The zero-order valence-electron chi connectivity index (χ0n) is 12.7. The smallest absolute Gasteiger partial charge is 0.230 e. The highest BCUT2D eigenvalue weighted by Crippen LogP contribution is 2.25. The lowest BCUT2D eigenvalue weighted by Crippen LogP contribution is -2.56. The second-order valence-electron chi connectivity index (χ2n) is 6.23. The van der Waals surface area contributed by atoms with Crippen LogP contribution in [0.15, 0.2) is 24.7 Å². The summed E-state index contributed by atoms with van der Waals surface area (Å²) >= 11 is 0. The topological polar surface area (TPSA) is 58.9 Å². The molecule has 2 aromatic heterocycles. The summed E-state index contributed by atoms with van der Waals surface area (Å²) in [7, 11) is 0. The third-order valence-electron chi connectivity index (χ3n) is 4.64. The molecule has 0 saturated carbocycles. The number of anilines is 1. The summed E-state index contributed by atoms with van der Waals surface area (Å²) in [6.45, 7) is 5.34. The van der Waals surface area contributed by atoms with Gasteiger partial charge in [0.2, 0.25) is 5.91 Å². The number of carbonyl (C=O) groups is 1. The first kappa shape index (κ1) is 13.7. The van der Waals surface area contributed by atoms with Gasteiger partial charge in [-0.25, -0.2) is 4.98 Å². The van der Waals surface area contributed by atoms with Gasteiger partial charge >= 0.3 is 0 Å². The molecule has 4 heterocycles. The normalized spacial score (nSPS) is 22.9. The third-order valence-corrected chi connectivity index (χ3v) is 4.64. The number of pyridine rings is 1. The number of nitrogens with zero attached hydrogens (tertiary/aromatic N) is 3. The van der Waals surface area contributed by atoms with Gasteiger partial charge in [-0.3, -0.25) is 9.69 Å². The number of nitrogens with one attached hydrogen (secondary N) is 1. The lowest BCUT2D eigenvalue weighted by Gasteiger charge is -2.41.